The van der Waals surface area contributed by atoms with Gasteiger partial charge in [-0.25, -0.2) is 13.2 Å². The fraction of sp³-hybridized carbons (Fsp3) is 0.500. The third-order valence-corrected chi connectivity index (χ3v) is 3.71. The molecule has 1 amide bonds. The first-order valence-electron chi connectivity index (χ1n) is 6.65. The van der Waals surface area contributed by atoms with Crippen LogP contribution >= 0.6 is 0 Å². The van der Waals surface area contributed by atoms with Crippen molar-refractivity contribution in [3.8, 4) is 0 Å². The lowest BCUT2D eigenvalue weighted by atomic mass is 9.81. The quantitative estimate of drug-likeness (QED) is 0.836. The fourth-order valence-electron chi connectivity index (χ4n) is 2.62. The van der Waals surface area contributed by atoms with Crippen LogP contribution in [-0.4, -0.2) is 19.0 Å². The van der Waals surface area contributed by atoms with Crippen LogP contribution in [0.25, 0.3) is 0 Å². The first kappa shape index (κ1) is 14.8. The van der Waals surface area contributed by atoms with Crippen molar-refractivity contribution < 1.29 is 18.0 Å². The van der Waals surface area contributed by atoms with Gasteiger partial charge in [-0.15, -0.1) is 0 Å². The van der Waals surface area contributed by atoms with Crippen molar-refractivity contribution >= 4 is 11.6 Å². The van der Waals surface area contributed by atoms with Gasteiger partial charge in [0.1, 0.15) is 5.82 Å². The normalized spacial score (nSPS) is 22.0. The van der Waals surface area contributed by atoms with Gasteiger partial charge >= 0.3 is 0 Å². The van der Waals surface area contributed by atoms with Gasteiger partial charge in [0.25, 0.3) is 0 Å². The summed E-state index contributed by atoms with van der Waals surface area (Å²) in [5, 5.41) is 5.50. The molecule has 0 spiro atoms. The van der Waals surface area contributed by atoms with E-state index >= 15 is 0 Å². The number of amides is 1. The van der Waals surface area contributed by atoms with E-state index in [1.54, 1.807) is 0 Å². The summed E-state index contributed by atoms with van der Waals surface area (Å²) in [6.45, 7) is 3.19. The second-order valence-electron chi connectivity index (χ2n) is 5.16. The molecule has 2 rings (SSSR count). The topological polar surface area (TPSA) is 41.1 Å². The Hall–Kier alpha value is -1.56. The molecule has 2 N–H and O–H groups in total. The van der Waals surface area contributed by atoms with Crippen LogP contribution in [0.3, 0.4) is 0 Å². The molecule has 110 valence electrons. The number of hydrogen-bond acceptors (Lipinski definition) is 2. The van der Waals surface area contributed by atoms with Crippen LogP contribution in [0.4, 0.5) is 18.9 Å². The van der Waals surface area contributed by atoms with Crippen molar-refractivity contribution in [1.82, 2.24) is 5.32 Å². The molecule has 0 radical (unpaired) electrons. The van der Waals surface area contributed by atoms with E-state index < -0.39 is 22.9 Å². The molecule has 0 bridgehead atoms. The predicted molar refractivity (Wildman–Crippen MR) is 69.8 cm³/mol. The molecule has 1 aliphatic heterocycles. The molecule has 20 heavy (non-hydrogen) atoms. The summed E-state index contributed by atoms with van der Waals surface area (Å²) < 4.78 is 39.5. The lowest BCUT2D eigenvalue weighted by molar-refractivity contribution is -0.125. The van der Waals surface area contributed by atoms with Crippen LogP contribution in [0.5, 0.6) is 0 Å². The fourth-order valence-corrected chi connectivity index (χ4v) is 2.62. The number of hydrogen-bond donors (Lipinski definition) is 2. The molecule has 1 unspecified atom stereocenters. The predicted octanol–water partition coefficient (Wildman–Crippen LogP) is 2.82. The SMILES string of the molecule is CCCC1(C(=O)Nc2cc(F)c(F)cc2F)CCNC1. The third-order valence-electron chi connectivity index (χ3n) is 3.71. The Morgan fingerprint density at radius 3 is 2.60 bits per heavy atom. The van der Waals surface area contributed by atoms with E-state index in [4.69, 9.17) is 0 Å². The van der Waals surface area contributed by atoms with Crippen molar-refractivity contribution in [1.29, 1.82) is 0 Å². The molecule has 1 aromatic carbocycles. The molecule has 1 aliphatic rings. The summed E-state index contributed by atoms with van der Waals surface area (Å²) >= 11 is 0. The first-order valence-corrected chi connectivity index (χ1v) is 6.65. The highest BCUT2D eigenvalue weighted by molar-refractivity contribution is 5.95. The molecule has 0 aliphatic carbocycles. The van der Waals surface area contributed by atoms with Crippen LogP contribution in [0.15, 0.2) is 12.1 Å². The largest absolute Gasteiger partial charge is 0.323 e. The lowest BCUT2D eigenvalue weighted by Gasteiger charge is -2.26. The molecule has 1 saturated heterocycles. The van der Waals surface area contributed by atoms with Gasteiger partial charge in [0.05, 0.1) is 11.1 Å². The summed E-state index contributed by atoms with van der Waals surface area (Å²) in [6, 6.07) is 1.11. The number of rotatable bonds is 4. The maximum Gasteiger partial charge on any atom is 0.232 e. The Kier molecular flexibility index (Phi) is 4.32. The van der Waals surface area contributed by atoms with Crippen molar-refractivity contribution in [3.63, 3.8) is 0 Å². The smallest absolute Gasteiger partial charge is 0.232 e. The van der Waals surface area contributed by atoms with E-state index in [1.807, 2.05) is 6.92 Å². The number of benzene rings is 1. The second kappa shape index (κ2) is 5.83. The highest BCUT2D eigenvalue weighted by atomic mass is 19.2. The Morgan fingerprint density at radius 1 is 1.30 bits per heavy atom. The summed E-state index contributed by atoms with van der Waals surface area (Å²) in [5.74, 6) is -3.79. The summed E-state index contributed by atoms with van der Waals surface area (Å²) in [6.07, 6.45) is 2.13. The van der Waals surface area contributed by atoms with Gasteiger partial charge in [-0.1, -0.05) is 13.3 Å². The molecule has 6 heteroatoms. The highest BCUT2D eigenvalue weighted by Gasteiger charge is 2.40. The molecule has 3 nitrogen and oxygen atoms in total. The van der Waals surface area contributed by atoms with Crippen LogP contribution in [0.2, 0.25) is 0 Å². The van der Waals surface area contributed by atoms with Gasteiger partial charge < -0.3 is 10.6 Å². The van der Waals surface area contributed by atoms with Crippen LogP contribution in [0.1, 0.15) is 26.2 Å². The number of carbonyl (C=O) groups excluding carboxylic acids is 1. The first-order chi connectivity index (χ1) is 9.48. The van der Waals surface area contributed by atoms with Crippen LogP contribution in [0, 0.1) is 22.9 Å². The molecule has 1 fully saturated rings. The van der Waals surface area contributed by atoms with Crippen molar-refractivity contribution in [2.24, 2.45) is 5.41 Å². The summed E-state index contributed by atoms with van der Waals surface area (Å²) in [7, 11) is 0. The van der Waals surface area contributed by atoms with Crippen LogP contribution in [-0.2, 0) is 4.79 Å². The molecule has 0 saturated carbocycles. The van der Waals surface area contributed by atoms with Gasteiger partial charge in [0.2, 0.25) is 5.91 Å². The third kappa shape index (κ3) is 2.80. The lowest BCUT2D eigenvalue weighted by Crippen LogP contribution is -2.38. The highest BCUT2D eigenvalue weighted by Crippen LogP contribution is 2.33. The van der Waals surface area contributed by atoms with Gasteiger partial charge in [0, 0.05) is 18.7 Å². The maximum absolute atomic E-state index is 13.6. The van der Waals surface area contributed by atoms with E-state index in [0.717, 1.165) is 6.42 Å². The Balaban J connectivity index is 2.20. The molecule has 1 heterocycles. The zero-order valence-electron chi connectivity index (χ0n) is 11.2. The Labute approximate surface area is 115 Å². The van der Waals surface area contributed by atoms with Crippen molar-refractivity contribution in [3.05, 3.63) is 29.6 Å². The Morgan fingerprint density at radius 2 is 2.00 bits per heavy atom. The summed E-state index contributed by atoms with van der Waals surface area (Å²) in [5.41, 5.74) is -0.928. The van der Waals surface area contributed by atoms with Crippen LogP contribution < -0.4 is 10.6 Å². The van der Waals surface area contributed by atoms with E-state index in [1.165, 1.54) is 0 Å². The van der Waals surface area contributed by atoms with Crippen molar-refractivity contribution in [2.75, 3.05) is 18.4 Å². The average Bonchev–Trinajstić information content (AvgIpc) is 2.86. The molecular weight excluding hydrogens is 269 g/mol. The second-order valence-corrected chi connectivity index (χ2v) is 5.16. The minimum atomic E-state index is -1.27. The number of halogens is 3. The summed E-state index contributed by atoms with van der Waals surface area (Å²) in [4.78, 5) is 12.3. The zero-order chi connectivity index (χ0) is 14.8. The Bertz CT molecular complexity index is 513. The number of carbonyl (C=O) groups is 1. The van der Waals surface area contributed by atoms with Gasteiger partial charge in [-0.2, -0.15) is 0 Å². The van der Waals surface area contributed by atoms with E-state index in [9.17, 15) is 18.0 Å². The maximum atomic E-state index is 13.6. The van der Waals surface area contributed by atoms with Gasteiger partial charge in [0.15, 0.2) is 11.6 Å². The zero-order valence-corrected chi connectivity index (χ0v) is 11.2. The molecule has 0 aromatic heterocycles. The monoisotopic (exact) mass is 286 g/mol. The molecule has 1 atom stereocenters. The van der Waals surface area contributed by atoms with E-state index in [-0.39, 0.29) is 11.6 Å². The van der Waals surface area contributed by atoms with Gasteiger partial charge in [-0.3, -0.25) is 4.79 Å². The number of nitrogens with one attached hydrogen (secondary N) is 2. The number of anilines is 1. The molecular formula is C14H17F3N2O. The molecule has 1 aromatic rings. The standard InChI is InChI=1S/C14H17F3N2O/c1-2-3-14(4-5-18-8-14)13(20)19-12-7-10(16)9(15)6-11(12)17/h6-7,18H,2-5,8H2,1H3,(H,19,20). The van der Waals surface area contributed by atoms with Gasteiger partial charge in [-0.05, 0) is 19.4 Å². The van der Waals surface area contributed by atoms with E-state index in [0.29, 0.717) is 38.1 Å². The average molecular weight is 286 g/mol. The van der Waals surface area contributed by atoms with Crippen molar-refractivity contribution in [2.45, 2.75) is 26.2 Å². The minimum Gasteiger partial charge on any atom is -0.323 e. The minimum absolute atomic E-state index is 0.323. The van der Waals surface area contributed by atoms with E-state index in [2.05, 4.69) is 10.6 Å².